The van der Waals surface area contributed by atoms with E-state index in [1.54, 1.807) is 11.0 Å². The number of fused-ring (bicyclic) bond motifs is 3. The highest BCUT2D eigenvalue weighted by molar-refractivity contribution is 7.98. The number of aromatic nitrogens is 3. The van der Waals surface area contributed by atoms with Gasteiger partial charge in [0.2, 0.25) is 23.2 Å². The molecule has 0 saturated carbocycles. The number of anilines is 1. The molecule has 0 radical (unpaired) electrons. The van der Waals surface area contributed by atoms with Crippen LogP contribution in [0, 0.1) is 6.92 Å². The third-order valence-corrected chi connectivity index (χ3v) is 6.14. The Hall–Kier alpha value is -3.36. The minimum absolute atomic E-state index is 0.213. The number of halogens is 1. The smallest absolute Gasteiger partial charge is 0.247 e. The molecule has 1 unspecified atom stereocenters. The second kappa shape index (κ2) is 8.53. The molecule has 7 nitrogen and oxygen atoms in total. The highest BCUT2D eigenvalue weighted by atomic mass is 35.5. The molecule has 1 atom stereocenters. The average Bonchev–Trinajstić information content (AvgIpc) is 3.24. The van der Waals surface area contributed by atoms with Crippen LogP contribution in [-0.2, 0) is 4.79 Å². The largest absolute Gasteiger partial charge is 0.455 e. The molecule has 5 rings (SSSR count). The van der Waals surface area contributed by atoms with Crippen molar-refractivity contribution in [1.29, 1.82) is 0 Å². The van der Waals surface area contributed by atoms with Crippen molar-refractivity contribution in [3.63, 3.8) is 0 Å². The summed E-state index contributed by atoms with van der Waals surface area (Å²) in [5, 5.41) is 9.59. The zero-order valence-electron chi connectivity index (χ0n) is 18.1. The minimum Gasteiger partial charge on any atom is -0.455 e. The number of aryl methyl sites for hydroxylation is 1. The Morgan fingerprint density at radius 3 is 2.70 bits per heavy atom. The number of thioether (sulfide) groups is 1. The van der Waals surface area contributed by atoms with Gasteiger partial charge in [-0.1, -0.05) is 47.6 Å². The summed E-state index contributed by atoms with van der Waals surface area (Å²) in [5.74, 6) is 1.15. The standard InChI is InChI=1S/C24H19ClN4O3S/c1-13-8-9-15(25)12-17(13)19-10-11-20(31-19)23-29(14(2)30)18-7-5-4-6-16(18)21-22(32-23)26-24(33-3)28-27-21/h4-12,23H,1-3H3. The van der Waals surface area contributed by atoms with Crippen LogP contribution >= 0.6 is 23.4 Å². The van der Waals surface area contributed by atoms with Gasteiger partial charge in [-0.2, -0.15) is 4.98 Å². The number of nitrogens with zero attached hydrogens (tertiary/aromatic N) is 4. The Bertz CT molecular complexity index is 1370. The summed E-state index contributed by atoms with van der Waals surface area (Å²) >= 11 is 7.56. The van der Waals surface area contributed by atoms with Gasteiger partial charge in [0.1, 0.15) is 5.76 Å². The molecule has 2 aromatic carbocycles. The molecule has 0 fully saturated rings. The fraction of sp³-hybridized carbons (Fsp3) is 0.167. The average molecular weight is 479 g/mol. The first kappa shape index (κ1) is 21.5. The molecule has 3 heterocycles. The molecule has 0 bridgehead atoms. The van der Waals surface area contributed by atoms with Gasteiger partial charge in [0.15, 0.2) is 11.5 Å². The van der Waals surface area contributed by atoms with Crippen molar-refractivity contribution in [3.05, 3.63) is 70.9 Å². The highest BCUT2D eigenvalue weighted by Gasteiger charge is 2.36. The van der Waals surface area contributed by atoms with Crippen molar-refractivity contribution in [3.8, 4) is 28.5 Å². The molecular weight excluding hydrogens is 460 g/mol. The minimum atomic E-state index is -0.885. The quantitative estimate of drug-likeness (QED) is 0.338. The van der Waals surface area contributed by atoms with Gasteiger partial charge in [0, 0.05) is 23.1 Å². The lowest BCUT2D eigenvalue weighted by atomic mass is 10.1. The molecule has 0 saturated heterocycles. The Balaban J connectivity index is 1.67. The number of benzene rings is 2. The number of ether oxygens (including phenoxy) is 1. The number of rotatable bonds is 3. The lowest BCUT2D eigenvalue weighted by molar-refractivity contribution is -0.118. The number of carbonyl (C=O) groups excluding carboxylic acids is 1. The first-order valence-corrected chi connectivity index (χ1v) is 11.8. The van der Waals surface area contributed by atoms with E-state index in [-0.39, 0.29) is 11.8 Å². The summed E-state index contributed by atoms with van der Waals surface area (Å²) in [4.78, 5) is 18.9. The third-order valence-electron chi connectivity index (χ3n) is 5.37. The first-order chi connectivity index (χ1) is 16.0. The maximum atomic E-state index is 12.9. The van der Waals surface area contributed by atoms with E-state index < -0.39 is 6.23 Å². The van der Waals surface area contributed by atoms with Gasteiger partial charge in [0.05, 0.1) is 5.69 Å². The molecule has 0 aliphatic carbocycles. The zero-order chi connectivity index (χ0) is 23.1. The summed E-state index contributed by atoms with van der Waals surface area (Å²) in [6.45, 7) is 3.47. The third kappa shape index (κ3) is 3.85. The molecule has 0 N–H and O–H groups in total. The summed E-state index contributed by atoms with van der Waals surface area (Å²) < 4.78 is 12.5. The lowest BCUT2D eigenvalue weighted by Gasteiger charge is -2.28. The number of carbonyl (C=O) groups is 1. The van der Waals surface area contributed by atoms with Crippen molar-refractivity contribution < 1.29 is 13.9 Å². The summed E-state index contributed by atoms with van der Waals surface area (Å²) in [7, 11) is 0. The molecule has 0 spiro atoms. The topological polar surface area (TPSA) is 81.3 Å². The normalized spacial score (nSPS) is 14.8. The van der Waals surface area contributed by atoms with Crippen molar-refractivity contribution in [2.45, 2.75) is 25.2 Å². The van der Waals surface area contributed by atoms with E-state index >= 15 is 0 Å². The van der Waals surface area contributed by atoms with Gasteiger partial charge >= 0.3 is 0 Å². The van der Waals surface area contributed by atoms with Crippen LogP contribution in [0.25, 0.3) is 22.6 Å². The van der Waals surface area contributed by atoms with Gasteiger partial charge in [-0.3, -0.25) is 9.69 Å². The van der Waals surface area contributed by atoms with Crippen LogP contribution in [0.4, 0.5) is 5.69 Å². The van der Waals surface area contributed by atoms with Crippen molar-refractivity contribution in [1.82, 2.24) is 15.2 Å². The van der Waals surface area contributed by atoms with Crippen LogP contribution in [0.5, 0.6) is 5.88 Å². The van der Waals surface area contributed by atoms with E-state index in [0.29, 0.717) is 38.6 Å². The Kier molecular flexibility index (Phi) is 5.55. The molecule has 1 aliphatic heterocycles. The monoisotopic (exact) mass is 478 g/mol. The number of para-hydroxylation sites is 1. The van der Waals surface area contributed by atoms with Crippen LogP contribution in [0.15, 0.2) is 64.2 Å². The predicted molar refractivity (Wildman–Crippen MR) is 127 cm³/mol. The first-order valence-electron chi connectivity index (χ1n) is 10.2. The van der Waals surface area contributed by atoms with Crippen molar-refractivity contribution in [2.24, 2.45) is 0 Å². The van der Waals surface area contributed by atoms with Crippen LogP contribution in [0.1, 0.15) is 24.5 Å². The highest BCUT2D eigenvalue weighted by Crippen LogP contribution is 2.44. The van der Waals surface area contributed by atoms with E-state index in [2.05, 4.69) is 15.2 Å². The Labute approximate surface area is 199 Å². The Morgan fingerprint density at radius 2 is 1.91 bits per heavy atom. The SMILES string of the molecule is CSc1nnc2c(n1)OC(c1ccc(-c3cc(Cl)ccc3C)o1)N(C(C)=O)c1ccccc1-2. The van der Waals surface area contributed by atoms with Gasteiger partial charge in [0.25, 0.3) is 0 Å². The van der Waals surface area contributed by atoms with Gasteiger partial charge in [-0.15, -0.1) is 10.2 Å². The predicted octanol–water partition coefficient (Wildman–Crippen LogP) is 5.93. The number of hydrogen-bond donors (Lipinski definition) is 0. The zero-order valence-corrected chi connectivity index (χ0v) is 19.6. The van der Waals surface area contributed by atoms with Crippen LogP contribution in [0.2, 0.25) is 5.02 Å². The fourth-order valence-corrected chi connectivity index (χ4v) is 4.28. The van der Waals surface area contributed by atoms with Crippen LogP contribution in [0.3, 0.4) is 0 Å². The summed E-state index contributed by atoms with van der Waals surface area (Å²) in [5.41, 5.74) is 3.69. The molecule has 2 aromatic heterocycles. The van der Waals surface area contributed by atoms with E-state index in [0.717, 1.165) is 11.1 Å². The lowest BCUT2D eigenvalue weighted by Crippen LogP contribution is -2.35. The molecule has 33 heavy (non-hydrogen) atoms. The fourth-order valence-electron chi connectivity index (χ4n) is 3.81. The molecule has 166 valence electrons. The Morgan fingerprint density at radius 1 is 1.09 bits per heavy atom. The molecule has 1 aliphatic rings. The number of furan rings is 1. The second-order valence-corrected chi connectivity index (χ2v) is 8.70. The van der Waals surface area contributed by atoms with Crippen LogP contribution < -0.4 is 9.64 Å². The van der Waals surface area contributed by atoms with E-state index in [4.69, 9.17) is 20.8 Å². The van der Waals surface area contributed by atoms with Gasteiger partial charge < -0.3 is 9.15 Å². The molecule has 4 aromatic rings. The summed E-state index contributed by atoms with van der Waals surface area (Å²) in [6.07, 6.45) is 0.976. The van der Waals surface area contributed by atoms with Crippen LogP contribution in [-0.4, -0.2) is 27.3 Å². The molecule has 9 heteroatoms. The molecule has 1 amide bonds. The maximum absolute atomic E-state index is 12.9. The van der Waals surface area contributed by atoms with E-state index in [1.165, 1.54) is 18.7 Å². The molecular formula is C24H19ClN4O3S. The van der Waals surface area contributed by atoms with E-state index in [1.807, 2.05) is 61.7 Å². The second-order valence-electron chi connectivity index (χ2n) is 7.49. The summed E-state index contributed by atoms with van der Waals surface area (Å²) in [6, 6.07) is 16.7. The van der Waals surface area contributed by atoms with Crippen molar-refractivity contribution >= 4 is 35.0 Å². The van der Waals surface area contributed by atoms with Gasteiger partial charge in [-0.05, 0) is 49.1 Å². The van der Waals surface area contributed by atoms with E-state index in [9.17, 15) is 4.79 Å². The van der Waals surface area contributed by atoms with Gasteiger partial charge in [-0.25, -0.2) is 0 Å². The van der Waals surface area contributed by atoms with Crippen molar-refractivity contribution in [2.75, 3.05) is 11.2 Å². The number of hydrogen-bond acceptors (Lipinski definition) is 7. The number of amides is 1. The maximum Gasteiger partial charge on any atom is 0.247 e.